The van der Waals surface area contributed by atoms with E-state index in [0.717, 1.165) is 25.0 Å². The van der Waals surface area contributed by atoms with Gasteiger partial charge >= 0.3 is 5.97 Å². The summed E-state index contributed by atoms with van der Waals surface area (Å²) in [6.45, 7) is 1.54. The standard InChI is InChI=1S/C23H20ClF2NO4/c1-11-18(19(23(30)31)12-4-2-3-5-12)20-16(8-9-17(28)21(20)26)27(11)22(29)13-6-7-14(24)15(25)10-13/h6-10,12,19,28H,2-5H2,1H3,(H,30,31). The second-order valence-electron chi connectivity index (χ2n) is 7.92. The Balaban J connectivity index is 2.00. The van der Waals surface area contributed by atoms with Crippen LogP contribution in [0.25, 0.3) is 10.9 Å². The van der Waals surface area contributed by atoms with E-state index in [2.05, 4.69) is 0 Å². The molecule has 0 radical (unpaired) electrons. The van der Waals surface area contributed by atoms with Gasteiger partial charge < -0.3 is 10.2 Å². The van der Waals surface area contributed by atoms with Crippen LogP contribution in [-0.4, -0.2) is 26.7 Å². The Bertz CT molecular complexity index is 1210. The molecule has 162 valence electrons. The number of benzene rings is 2. The summed E-state index contributed by atoms with van der Waals surface area (Å²) in [5.41, 5.74) is 0.520. The molecule has 1 unspecified atom stereocenters. The molecule has 5 nitrogen and oxygen atoms in total. The zero-order valence-corrected chi connectivity index (χ0v) is 17.4. The highest BCUT2D eigenvalue weighted by molar-refractivity contribution is 6.30. The molecule has 0 saturated heterocycles. The lowest BCUT2D eigenvalue weighted by atomic mass is 9.83. The average molecular weight is 448 g/mol. The molecule has 4 rings (SSSR count). The quantitative estimate of drug-likeness (QED) is 0.543. The normalized spacial score (nSPS) is 15.5. The van der Waals surface area contributed by atoms with Crippen molar-refractivity contribution in [3.05, 3.63) is 63.8 Å². The fourth-order valence-corrected chi connectivity index (χ4v) is 4.85. The number of aromatic nitrogens is 1. The van der Waals surface area contributed by atoms with Gasteiger partial charge in [-0.1, -0.05) is 24.4 Å². The monoisotopic (exact) mass is 447 g/mol. The smallest absolute Gasteiger partial charge is 0.311 e. The number of halogens is 3. The Morgan fingerprint density at radius 3 is 2.45 bits per heavy atom. The second kappa shape index (κ2) is 7.96. The number of rotatable bonds is 4. The Labute approximate surface area is 181 Å². The van der Waals surface area contributed by atoms with Crippen LogP contribution in [0.5, 0.6) is 5.75 Å². The molecule has 2 aromatic carbocycles. The van der Waals surface area contributed by atoms with Gasteiger partial charge in [0.05, 0.1) is 16.5 Å². The number of fused-ring (bicyclic) bond motifs is 1. The summed E-state index contributed by atoms with van der Waals surface area (Å²) in [5, 5.41) is 19.7. The highest BCUT2D eigenvalue weighted by Gasteiger charge is 2.37. The molecule has 0 amide bonds. The molecule has 0 aliphatic heterocycles. The number of hydrogen-bond acceptors (Lipinski definition) is 3. The van der Waals surface area contributed by atoms with Gasteiger partial charge in [0, 0.05) is 16.6 Å². The SMILES string of the molecule is Cc1c(C(C(=O)O)C2CCCC2)c2c(F)c(O)ccc2n1C(=O)c1ccc(Cl)c(F)c1. The zero-order chi connectivity index (χ0) is 22.4. The number of carbonyl (C=O) groups is 2. The Morgan fingerprint density at radius 1 is 1.16 bits per heavy atom. The van der Waals surface area contributed by atoms with Crippen LogP contribution in [0.15, 0.2) is 30.3 Å². The molecule has 1 atom stereocenters. The van der Waals surface area contributed by atoms with Crippen LogP contribution in [0.4, 0.5) is 8.78 Å². The summed E-state index contributed by atoms with van der Waals surface area (Å²) in [6, 6.07) is 6.05. The first kappa shape index (κ1) is 21.3. The molecule has 1 saturated carbocycles. The first-order valence-electron chi connectivity index (χ1n) is 9.97. The topological polar surface area (TPSA) is 79.5 Å². The first-order chi connectivity index (χ1) is 14.7. The molecule has 1 aromatic heterocycles. The summed E-state index contributed by atoms with van der Waals surface area (Å²) in [5.74, 6) is -5.38. The van der Waals surface area contributed by atoms with Crippen molar-refractivity contribution in [1.82, 2.24) is 4.57 Å². The predicted molar refractivity (Wildman–Crippen MR) is 112 cm³/mol. The summed E-state index contributed by atoms with van der Waals surface area (Å²) in [4.78, 5) is 25.6. The molecule has 31 heavy (non-hydrogen) atoms. The second-order valence-corrected chi connectivity index (χ2v) is 8.33. The number of aliphatic carboxylic acids is 1. The lowest BCUT2D eigenvalue weighted by molar-refractivity contribution is -0.140. The Morgan fingerprint density at radius 2 is 1.84 bits per heavy atom. The van der Waals surface area contributed by atoms with Crippen LogP contribution in [0.2, 0.25) is 5.02 Å². The fourth-order valence-electron chi connectivity index (χ4n) is 4.73. The number of carboxylic acid groups (broad SMARTS) is 1. The van der Waals surface area contributed by atoms with Crippen molar-refractivity contribution in [2.24, 2.45) is 5.92 Å². The van der Waals surface area contributed by atoms with E-state index >= 15 is 4.39 Å². The van der Waals surface area contributed by atoms with E-state index in [-0.39, 0.29) is 38.7 Å². The van der Waals surface area contributed by atoms with Crippen molar-refractivity contribution in [1.29, 1.82) is 0 Å². The lowest BCUT2D eigenvalue weighted by Gasteiger charge is -2.20. The van der Waals surface area contributed by atoms with Crippen molar-refractivity contribution in [3.63, 3.8) is 0 Å². The van der Waals surface area contributed by atoms with Crippen molar-refractivity contribution in [2.45, 2.75) is 38.5 Å². The Hall–Kier alpha value is -2.93. The molecule has 3 aromatic rings. The maximum Gasteiger partial charge on any atom is 0.311 e. The van der Waals surface area contributed by atoms with Crippen molar-refractivity contribution >= 4 is 34.4 Å². The minimum absolute atomic E-state index is 0.0188. The van der Waals surface area contributed by atoms with Crippen LogP contribution < -0.4 is 0 Å². The summed E-state index contributed by atoms with van der Waals surface area (Å²) in [7, 11) is 0. The van der Waals surface area contributed by atoms with Crippen LogP contribution >= 0.6 is 11.6 Å². The lowest BCUT2D eigenvalue weighted by Crippen LogP contribution is -2.21. The van der Waals surface area contributed by atoms with E-state index in [1.165, 1.54) is 22.8 Å². The predicted octanol–water partition coefficient (Wildman–Crippen LogP) is 5.63. The minimum Gasteiger partial charge on any atom is -0.505 e. The highest BCUT2D eigenvalue weighted by atomic mass is 35.5. The van der Waals surface area contributed by atoms with E-state index in [1.807, 2.05) is 0 Å². The largest absolute Gasteiger partial charge is 0.505 e. The van der Waals surface area contributed by atoms with E-state index < -0.39 is 35.2 Å². The van der Waals surface area contributed by atoms with E-state index in [4.69, 9.17) is 11.6 Å². The fraction of sp³-hybridized carbons (Fsp3) is 0.304. The third kappa shape index (κ3) is 3.47. The van der Waals surface area contributed by atoms with E-state index in [9.17, 15) is 24.2 Å². The highest BCUT2D eigenvalue weighted by Crippen LogP contribution is 2.44. The molecule has 2 N–H and O–H groups in total. The van der Waals surface area contributed by atoms with Gasteiger partial charge in [-0.05, 0) is 61.6 Å². The summed E-state index contributed by atoms with van der Waals surface area (Å²) >= 11 is 5.71. The maximum absolute atomic E-state index is 15.1. The van der Waals surface area contributed by atoms with Gasteiger partial charge in [-0.3, -0.25) is 14.2 Å². The molecule has 1 aliphatic rings. The molecule has 0 bridgehead atoms. The summed E-state index contributed by atoms with van der Waals surface area (Å²) in [6.07, 6.45) is 3.12. The van der Waals surface area contributed by atoms with Gasteiger partial charge in [0.2, 0.25) is 0 Å². The first-order valence-corrected chi connectivity index (χ1v) is 10.3. The van der Waals surface area contributed by atoms with Crippen molar-refractivity contribution < 1.29 is 28.6 Å². The van der Waals surface area contributed by atoms with Crippen molar-refractivity contribution in [2.75, 3.05) is 0 Å². The Kier molecular flexibility index (Phi) is 5.47. The molecular weight excluding hydrogens is 428 g/mol. The average Bonchev–Trinajstić information content (AvgIpc) is 3.34. The van der Waals surface area contributed by atoms with E-state index in [1.54, 1.807) is 6.92 Å². The summed E-state index contributed by atoms with van der Waals surface area (Å²) < 4.78 is 30.2. The number of carbonyl (C=O) groups excluding carboxylic acids is 1. The van der Waals surface area contributed by atoms with Crippen molar-refractivity contribution in [3.8, 4) is 5.75 Å². The van der Waals surface area contributed by atoms with Crippen LogP contribution in [0, 0.1) is 24.5 Å². The van der Waals surface area contributed by atoms with E-state index in [0.29, 0.717) is 12.8 Å². The third-order valence-electron chi connectivity index (χ3n) is 6.15. The number of phenols is 1. The van der Waals surface area contributed by atoms with Gasteiger partial charge in [0.15, 0.2) is 11.6 Å². The van der Waals surface area contributed by atoms with Crippen LogP contribution in [0.1, 0.15) is 53.2 Å². The number of nitrogens with zero attached hydrogens (tertiary/aromatic N) is 1. The van der Waals surface area contributed by atoms with Crippen LogP contribution in [-0.2, 0) is 4.79 Å². The van der Waals surface area contributed by atoms with Crippen LogP contribution in [0.3, 0.4) is 0 Å². The third-order valence-corrected chi connectivity index (χ3v) is 6.46. The number of hydrogen-bond donors (Lipinski definition) is 2. The molecule has 1 heterocycles. The minimum atomic E-state index is -1.11. The number of aromatic hydroxyl groups is 1. The van der Waals surface area contributed by atoms with Gasteiger partial charge in [0.25, 0.3) is 5.91 Å². The molecular formula is C23H20ClF2NO4. The van der Waals surface area contributed by atoms with Gasteiger partial charge in [-0.15, -0.1) is 0 Å². The molecule has 1 aliphatic carbocycles. The number of carboxylic acids is 1. The molecule has 1 fully saturated rings. The zero-order valence-electron chi connectivity index (χ0n) is 16.7. The molecule has 8 heteroatoms. The van der Waals surface area contributed by atoms with Gasteiger partial charge in [0.1, 0.15) is 5.82 Å². The molecule has 0 spiro atoms. The van der Waals surface area contributed by atoms with Gasteiger partial charge in [-0.2, -0.15) is 0 Å². The van der Waals surface area contributed by atoms with Gasteiger partial charge in [-0.25, -0.2) is 8.78 Å². The maximum atomic E-state index is 15.1. The number of phenolic OH excluding ortho intramolecular Hbond substituents is 1.